The number of rotatable bonds is 5. The largest absolute Gasteiger partial charge is 0.508 e. The molecular weight excluding hydrogens is 447 g/mol. The highest BCUT2D eigenvalue weighted by molar-refractivity contribution is 5.82. The Labute approximate surface area is 192 Å². The van der Waals surface area contributed by atoms with Crippen molar-refractivity contribution in [2.75, 3.05) is 5.32 Å². The monoisotopic (exact) mass is 466 g/mol. The number of alkyl halides is 3. The molecular formula is C25H19F3N3O3+. The number of phenols is 1. The minimum Gasteiger partial charge on any atom is -0.508 e. The molecule has 0 spiro atoms. The summed E-state index contributed by atoms with van der Waals surface area (Å²) in [7, 11) is 0. The number of aromatic hydroxyl groups is 1. The molecule has 0 saturated heterocycles. The minimum atomic E-state index is -4.59. The highest BCUT2D eigenvalue weighted by atomic mass is 19.4. The summed E-state index contributed by atoms with van der Waals surface area (Å²) in [6.07, 6.45) is -2.65. The van der Waals surface area contributed by atoms with E-state index in [1.165, 1.54) is 16.7 Å². The van der Waals surface area contributed by atoms with Crippen molar-refractivity contribution in [3.8, 4) is 17.0 Å². The van der Waals surface area contributed by atoms with E-state index in [0.29, 0.717) is 29.2 Å². The SMILES string of the molecule is O=C1C(Cc2ccc(C(F)(F)F)o2)Nc2c(Cc3ccccc3)nc(-c3cccc(O)c3)c[n+]21. The number of nitrogens with zero attached hydrogens (tertiary/aromatic N) is 2. The van der Waals surface area contributed by atoms with Crippen molar-refractivity contribution in [2.45, 2.75) is 25.1 Å². The average Bonchev–Trinajstić information content (AvgIpc) is 3.40. The quantitative estimate of drug-likeness (QED) is 0.420. The van der Waals surface area contributed by atoms with Gasteiger partial charge in [0.1, 0.15) is 29.1 Å². The van der Waals surface area contributed by atoms with Crippen molar-refractivity contribution >= 4 is 11.7 Å². The van der Waals surface area contributed by atoms with Crippen LogP contribution in [0.2, 0.25) is 0 Å². The molecule has 1 atom stereocenters. The van der Waals surface area contributed by atoms with Crippen LogP contribution in [0.1, 0.15) is 27.6 Å². The lowest BCUT2D eigenvalue weighted by atomic mass is 10.1. The average molecular weight is 466 g/mol. The second-order valence-corrected chi connectivity index (χ2v) is 8.01. The van der Waals surface area contributed by atoms with Gasteiger partial charge < -0.3 is 9.52 Å². The molecule has 2 N–H and O–H groups in total. The normalized spacial score (nSPS) is 15.3. The summed E-state index contributed by atoms with van der Waals surface area (Å²) < 4.78 is 45.0. The maximum atomic E-state index is 13.2. The highest BCUT2D eigenvalue weighted by Gasteiger charge is 2.42. The van der Waals surface area contributed by atoms with Crippen LogP contribution in [0.4, 0.5) is 19.0 Å². The van der Waals surface area contributed by atoms with Crippen molar-refractivity contribution in [2.24, 2.45) is 0 Å². The zero-order valence-corrected chi connectivity index (χ0v) is 17.7. The number of carbonyl (C=O) groups is 1. The first kappa shape index (κ1) is 21.7. The Balaban J connectivity index is 1.51. The van der Waals surface area contributed by atoms with Gasteiger partial charge in [-0.05, 0) is 29.8 Å². The van der Waals surface area contributed by atoms with Gasteiger partial charge in [-0.25, -0.2) is 9.78 Å². The lowest BCUT2D eigenvalue weighted by molar-refractivity contribution is -0.552. The number of furan rings is 1. The fourth-order valence-electron chi connectivity index (χ4n) is 3.97. The van der Waals surface area contributed by atoms with Gasteiger partial charge in [-0.1, -0.05) is 42.5 Å². The number of benzene rings is 2. The maximum absolute atomic E-state index is 13.2. The van der Waals surface area contributed by atoms with E-state index < -0.39 is 18.0 Å². The number of aromatic nitrogens is 2. The third-order valence-electron chi connectivity index (χ3n) is 5.57. The molecule has 0 amide bonds. The van der Waals surface area contributed by atoms with Gasteiger partial charge in [0.15, 0.2) is 0 Å². The molecule has 0 saturated carbocycles. The van der Waals surface area contributed by atoms with Gasteiger partial charge in [0, 0.05) is 12.0 Å². The molecule has 1 unspecified atom stereocenters. The lowest BCUT2D eigenvalue weighted by Crippen LogP contribution is -2.44. The van der Waals surface area contributed by atoms with Crippen LogP contribution in [0.3, 0.4) is 0 Å². The van der Waals surface area contributed by atoms with E-state index in [0.717, 1.165) is 11.6 Å². The Kier molecular flexibility index (Phi) is 5.31. The lowest BCUT2D eigenvalue weighted by Gasteiger charge is -2.07. The summed E-state index contributed by atoms with van der Waals surface area (Å²) in [6.45, 7) is 0. The number of anilines is 1. The van der Waals surface area contributed by atoms with Crippen LogP contribution in [-0.4, -0.2) is 22.0 Å². The summed E-state index contributed by atoms with van der Waals surface area (Å²) in [5, 5.41) is 13.0. The Morgan fingerprint density at radius 1 is 1.06 bits per heavy atom. The third-order valence-corrected chi connectivity index (χ3v) is 5.57. The standard InChI is InChI=1S/C25H18F3N3O3/c26-25(27,28)22-10-9-18(34-22)13-20-24(33)31-14-21(16-7-4-8-17(32)12-16)29-19(23(31)30-20)11-15-5-2-1-3-6-15/h1-10,12,14,20,32H,11,13H2/p+1. The number of phenolic OH excluding ortho intramolecular Hbond substituents is 1. The van der Waals surface area contributed by atoms with Crippen molar-refractivity contribution < 1.29 is 32.1 Å². The molecule has 2 aromatic heterocycles. The number of hydrogen-bond donors (Lipinski definition) is 2. The number of fused-ring (bicyclic) bond motifs is 1. The van der Waals surface area contributed by atoms with Gasteiger partial charge in [0.05, 0.1) is 6.42 Å². The Morgan fingerprint density at radius 2 is 1.85 bits per heavy atom. The molecule has 0 radical (unpaired) electrons. The van der Waals surface area contributed by atoms with Gasteiger partial charge in [-0.15, -0.1) is 0 Å². The fraction of sp³-hybridized carbons (Fsp3) is 0.160. The van der Waals surface area contributed by atoms with Crippen LogP contribution in [0.5, 0.6) is 5.75 Å². The number of nitrogens with one attached hydrogen (secondary N) is 1. The zero-order chi connectivity index (χ0) is 23.9. The van der Waals surface area contributed by atoms with Crippen molar-refractivity contribution in [1.29, 1.82) is 0 Å². The van der Waals surface area contributed by atoms with E-state index in [4.69, 9.17) is 9.40 Å². The second-order valence-electron chi connectivity index (χ2n) is 8.01. The molecule has 0 fully saturated rings. The molecule has 9 heteroatoms. The molecule has 6 nitrogen and oxygen atoms in total. The highest BCUT2D eigenvalue weighted by Crippen LogP contribution is 2.32. The molecule has 2 aromatic carbocycles. The minimum absolute atomic E-state index is 0.0527. The topological polar surface area (TPSA) is 79.2 Å². The number of carbonyl (C=O) groups excluding carboxylic acids is 1. The van der Waals surface area contributed by atoms with Crippen LogP contribution in [0.25, 0.3) is 11.3 Å². The van der Waals surface area contributed by atoms with E-state index in [2.05, 4.69) is 5.32 Å². The summed E-state index contributed by atoms with van der Waals surface area (Å²) in [4.78, 5) is 18.0. The molecule has 3 heterocycles. The van der Waals surface area contributed by atoms with Gasteiger partial charge >= 0.3 is 17.9 Å². The predicted molar refractivity (Wildman–Crippen MR) is 116 cm³/mol. The van der Waals surface area contributed by atoms with Crippen LogP contribution in [0, 0.1) is 0 Å². The summed E-state index contributed by atoms with van der Waals surface area (Å²) in [6, 6.07) is 17.4. The van der Waals surface area contributed by atoms with Crippen LogP contribution in [0.15, 0.2) is 77.3 Å². The Hall–Kier alpha value is -4.14. The zero-order valence-electron chi connectivity index (χ0n) is 17.7. The van der Waals surface area contributed by atoms with Gasteiger partial charge in [-0.2, -0.15) is 17.7 Å². The van der Waals surface area contributed by atoms with E-state index >= 15 is 0 Å². The van der Waals surface area contributed by atoms with E-state index in [1.807, 2.05) is 30.3 Å². The molecule has 1 aliphatic heterocycles. The second kappa shape index (κ2) is 8.33. The molecule has 172 valence electrons. The summed E-state index contributed by atoms with van der Waals surface area (Å²) in [5.74, 6) is -0.841. The molecule has 4 aromatic rings. The molecule has 34 heavy (non-hydrogen) atoms. The van der Waals surface area contributed by atoms with Gasteiger partial charge in [0.25, 0.3) is 0 Å². The molecule has 0 aliphatic carbocycles. The number of hydrogen-bond acceptors (Lipinski definition) is 5. The summed E-state index contributed by atoms with van der Waals surface area (Å²) >= 11 is 0. The first-order valence-electron chi connectivity index (χ1n) is 10.5. The first-order valence-corrected chi connectivity index (χ1v) is 10.5. The van der Waals surface area contributed by atoms with Crippen LogP contribution < -0.4 is 9.88 Å². The summed E-state index contributed by atoms with van der Waals surface area (Å²) in [5.41, 5.74) is 2.68. The van der Waals surface area contributed by atoms with Gasteiger partial charge in [0.2, 0.25) is 11.8 Å². The maximum Gasteiger partial charge on any atom is 0.449 e. The molecule has 5 rings (SSSR count). The van der Waals surface area contributed by atoms with E-state index in [-0.39, 0.29) is 23.8 Å². The van der Waals surface area contributed by atoms with Crippen molar-refractivity contribution in [1.82, 2.24) is 4.98 Å². The predicted octanol–water partition coefficient (Wildman–Crippen LogP) is 4.62. The van der Waals surface area contributed by atoms with Crippen LogP contribution >= 0.6 is 0 Å². The van der Waals surface area contributed by atoms with Crippen LogP contribution in [-0.2, 0) is 19.0 Å². The van der Waals surface area contributed by atoms with E-state index in [1.54, 1.807) is 24.4 Å². The van der Waals surface area contributed by atoms with Crippen molar-refractivity contribution in [3.63, 3.8) is 0 Å². The molecule has 1 aliphatic rings. The Morgan fingerprint density at radius 3 is 2.56 bits per heavy atom. The third kappa shape index (κ3) is 4.24. The smallest absolute Gasteiger partial charge is 0.449 e. The Bertz CT molecular complexity index is 1370. The number of halogens is 3. The van der Waals surface area contributed by atoms with E-state index in [9.17, 15) is 23.1 Å². The fourth-order valence-corrected chi connectivity index (χ4v) is 3.97. The molecule has 0 bridgehead atoms. The first-order chi connectivity index (χ1) is 16.3. The van der Waals surface area contributed by atoms with Crippen molar-refractivity contribution in [3.05, 3.63) is 95.7 Å². The van der Waals surface area contributed by atoms with Gasteiger partial charge in [-0.3, -0.25) is 5.32 Å².